The Morgan fingerprint density at radius 2 is 2.03 bits per heavy atom. The number of thioether (sulfide) groups is 1. The number of aryl methyl sites for hydroxylation is 1. The van der Waals surface area contributed by atoms with Crippen LogP contribution in [0, 0.1) is 18.3 Å². The van der Waals surface area contributed by atoms with Crippen molar-refractivity contribution >= 4 is 57.6 Å². The molecule has 5 nitrogen and oxygen atoms in total. The molecule has 0 aliphatic rings. The maximum Gasteiger partial charge on any atom is 0.230 e. The van der Waals surface area contributed by atoms with Crippen molar-refractivity contribution in [3.05, 3.63) is 75.3 Å². The number of aromatic nitrogens is 2. The smallest absolute Gasteiger partial charge is 0.230 e. The summed E-state index contributed by atoms with van der Waals surface area (Å²) < 4.78 is 1.96. The molecule has 2 aromatic carbocycles. The highest BCUT2D eigenvalue weighted by Crippen LogP contribution is 2.31. The first kappa shape index (κ1) is 24.4. The quantitative estimate of drug-likeness (QED) is 0.265. The van der Waals surface area contributed by atoms with Crippen molar-refractivity contribution in [1.82, 2.24) is 14.7 Å². The average molecular weight is 511 g/mol. The topological polar surface area (TPSA) is 70.2 Å². The van der Waals surface area contributed by atoms with Crippen LogP contribution in [-0.4, -0.2) is 27.6 Å². The Bertz CT molecular complexity index is 1410. The van der Waals surface area contributed by atoms with Gasteiger partial charge in [0.25, 0.3) is 0 Å². The number of nitrogens with one attached hydrogen (secondary N) is 1. The van der Waals surface area contributed by atoms with Gasteiger partial charge in [-0.3, -0.25) is 9.20 Å². The highest BCUT2D eigenvalue weighted by Gasteiger charge is 2.18. The molecule has 1 atom stereocenters. The minimum Gasteiger partial charge on any atom is -0.355 e. The van der Waals surface area contributed by atoms with Crippen LogP contribution >= 0.6 is 35.0 Å². The normalized spacial score (nSPS) is 12.1. The Morgan fingerprint density at radius 3 is 2.76 bits per heavy atom. The number of pyridine rings is 1. The monoisotopic (exact) mass is 510 g/mol. The van der Waals surface area contributed by atoms with Crippen LogP contribution in [-0.2, 0) is 4.79 Å². The van der Waals surface area contributed by atoms with Crippen LogP contribution in [0.4, 0.5) is 0 Å². The van der Waals surface area contributed by atoms with Gasteiger partial charge in [0.15, 0.2) is 5.65 Å². The predicted octanol–water partition coefficient (Wildman–Crippen LogP) is 6.77. The zero-order chi connectivity index (χ0) is 24.2. The fraction of sp³-hybridized carbons (Fsp3) is 0.269. The van der Waals surface area contributed by atoms with Gasteiger partial charge in [-0.2, -0.15) is 5.26 Å². The molecule has 1 N–H and O–H groups in total. The lowest BCUT2D eigenvalue weighted by molar-refractivity contribution is -0.118. The standard InChI is InChI=1S/C26H24Cl2N4OS/c1-3-6-17(19-10-9-18(27)12-21(19)28)14-30-24(33)15-34-25-11-16(2)20(13-29)26-31-22-7-4-5-8-23(22)32(25)26/h4-5,7-12,17H,3,6,14-15H2,1-2H3,(H,30,33). The number of para-hydroxylation sites is 2. The SMILES string of the molecule is CCCC(CNC(=O)CSc1cc(C)c(C#N)c2nc3ccccc3n12)c1ccc(Cl)cc1Cl. The molecule has 1 amide bonds. The number of benzene rings is 2. The summed E-state index contributed by atoms with van der Waals surface area (Å²) in [5.74, 6) is 0.307. The summed E-state index contributed by atoms with van der Waals surface area (Å²) in [4.78, 5) is 17.4. The molecule has 0 aliphatic carbocycles. The second-order valence-corrected chi connectivity index (χ2v) is 10.00. The summed E-state index contributed by atoms with van der Waals surface area (Å²) in [6, 6.07) is 17.5. The van der Waals surface area contributed by atoms with Gasteiger partial charge in [-0.05, 0) is 54.8 Å². The Balaban J connectivity index is 1.51. The van der Waals surface area contributed by atoms with Crippen LogP contribution in [0.15, 0.2) is 53.6 Å². The molecule has 0 bridgehead atoms. The molecule has 2 aromatic heterocycles. The minimum atomic E-state index is -0.0595. The average Bonchev–Trinajstić information content (AvgIpc) is 3.20. The lowest BCUT2D eigenvalue weighted by atomic mass is 9.94. The van der Waals surface area contributed by atoms with Crippen LogP contribution < -0.4 is 5.32 Å². The van der Waals surface area contributed by atoms with Gasteiger partial charge in [0.05, 0.1) is 27.4 Å². The Kier molecular flexibility index (Phi) is 7.67. The highest BCUT2D eigenvalue weighted by molar-refractivity contribution is 7.99. The van der Waals surface area contributed by atoms with Gasteiger partial charge in [-0.1, -0.05) is 66.5 Å². The molecule has 8 heteroatoms. The van der Waals surface area contributed by atoms with Crippen molar-refractivity contribution in [2.45, 2.75) is 37.6 Å². The van der Waals surface area contributed by atoms with Crippen LogP contribution in [0.2, 0.25) is 10.0 Å². The number of nitriles is 1. The molecule has 0 saturated carbocycles. The Morgan fingerprint density at radius 1 is 1.24 bits per heavy atom. The fourth-order valence-electron chi connectivity index (χ4n) is 4.14. The van der Waals surface area contributed by atoms with E-state index in [0.29, 0.717) is 27.8 Å². The van der Waals surface area contributed by atoms with Gasteiger partial charge < -0.3 is 5.32 Å². The van der Waals surface area contributed by atoms with Crippen molar-refractivity contribution in [3.63, 3.8) is 0 Å². The van der Waals surface area contributed by atoms with Gasteiger partial charge >= 0.3 is 0 Å². The molecule has 2 heterocycles. The molecule has 0 spiro atoms. The summed E-state index contributed by atoms with van der Waals surface area (Å²) in [5, 5.41) is 14.8. The van der Waals surface area contributed by atoms with Crippen LogP contribution in [0.25, 0.3) is 16.7 Å². The third-order valence-electron chi connectivity index (χ3n) is 5.79. The molecule has 174 valence electrons. The molecule has 4 aromatic rings. The van der Waals surface area contributed by atoms with E-state index in [-0.39, 0.29) is 17.6 Å². The number of halogens is 2. The van der Waals surface area contributed by atoms with E-state index in [9.17, 15) is 10.1 Å². The lowest BCUT2D eigenvalue weighted by Crippen LogP contribution is -2.30. The summed E-state index contributed by atoms with van der Waals surface area (Å²) in [6.07, 6.45) is 1.88. The fourth-order valence-corrected chi connectivity index (χ4v) is 5.65. The number of rotatable bonds is 8. The van der Waals surface area contributed by atoms with Crippen LogP contribution in [0.3, 0.4) is 0 Å². The van der Waals surface area contributed by atoms with Crippen molar-refractivity contribution in [2.24, 2.45) is 0 Å². The molecule has 0 radical (unpaired) electrons. The van der Waals surface area contributed by atoms with Crippen LogP contribution in [0.1, 0.15) is 42.4 Å². The number of imidazole rings is 1. The number of carbonyl (C=O) groups excluding carboxylic acids is 1. The molecule has 0 saturated heterocycles. The van der Waals surface area contributed by atoms with E-state index in [0.717, 1.165) is 40.0 Å². The third kappa shape index (κ3) is 5.02. The molecule has 0 aliphatic heterocycles. The van der Waals surface area contributed by atoms with E-state index >= 15 is 0 Å². The summed E-state index contributed by atoms with van der Waals surface area (Å²) in [5.41, 5.74) is 4.73. The minimum absolute atomic E-state index is 0.0595. The van der Waals surface area contributed by atoms with Crippen LogP contribution in [0.5, 0.6) is 0 Å². The van der Waals surface area contributed by atoms with Crippen molar-refractivity contribution in [3.8, 4) is 6.07 Å². The van der Waals surface area contributed by atoms with Crippen molar-refractivity contribution in [2.75, 3.05) is 12.3 Å². The van der Waals surface area contributed by atoms with Gasteiger partial charge in [0.1, 0.15) is 6.07 Å². The third-order valence-corrected chi connectivity index (χ3v) is 7.35. The first-order valence-corrected chi connectivity index (χ1v) is 12.8. The van der Waals surface area contributed by atoms with E-state index in [1.54, 1.807) is 6.07 Å². The number of hydrogen-bond acceptors (Lipinski definition) is 4. The zero-order valence-electron chi connectivity index (χ0n) is 18.9. The van der Waals surface area contributed by atoms with Crippen molar-refractivity contribution < 1.29 is 4.79 Å². The number of carbonyl (C=O) groups is 1. The first-order chi connectivity index (χ1) is 16.4. The molecule has 34 heavy (non-hydrogen) atoms. The predicted molar refractivity (Wildman–Crippen MR) is 140 cm³/mol. The zero-order valence-corrected chi connectivity index (χ0v) is 21.3. The molecular weight excluding hydrogens is 487 g/mol. The van der Waals surface area contributed by atoms with E-state index in [2.05, 4.69) is 23.3 Å². The maximum absolute atomic E-state index is 12.8. The molecular formula is C26H24Cl2N4OS. The second-order valence-electron chi connectivity index (χ2n) is 8.16. The molecule has 1 unspecified atom stereocenters. The van der Waals surface area contributed by atoms with Gasteiger partial charge in [0, 0.05) is 22.5 Å². The van der Waals surface area contributed by atoms with Gasteiger partial charge in [-0.15, -0.1) is 0 Å². The first-order valence-electron chi connectivity index (χ1n) is 11.1. The largest absolute Gasteiger partial charge is 0.355 e. The van der Waals surface area contributed by atoms with E-state index < -0.39 is 0 Å². The molecule has 0 fully saturated rings. The molecule has 4 rings (SSSR count). The summed E-state index contributed by atoms with van der Waals surface area (Å²) >= 11 is 13.9. The van der Waals surface area contributed by atoms with Gasteiger partial charge in [0.2, 0.25) is 5.91 Å². The summed E-state index contributed by atoms with van der Waals surface area (Å²) in [6.45, 7) is 4.51. The van der Waals surface area contributed by atoms with E-state index in [1.165, 1.54) is 11.8 Å². The number of amides is 1. The second kappa shape index (κ2) is 10.7. The number of fused-ring (bicyclic) bond motifs is 3. The Hall–Kier alpha value is -2.72. The van der Waals surface area contributed by atoms with Crippen molar-refractivity contribution in [1.29, 1.82) is 5.26 Å². The van der Waals surface area contributed by atoms with Gasteiger partial charge in [-0.25, -0.2) is 4.98 Å². The summed E-state index contributed by atoms with van der Waals surface area (Å²) in [7, 11) is 0. The maximum atomic E-state index is 12.8. The highest BCUT2D eigenvalue weighted by atomic mass is 35.5. The van der Waals surface area contributed by atoms with E-state index in [4.69, 9.17) is 23.2 Å². The number of nitrogens with zero attached hydrogens (tertiary/aromatic N) is 3. The Labute approximate surface area is 213 Å². The lowest BCUT2D eigenvalue weighted by Gasteiger charge is -2.19. The van der Waals surface area contributed by atoms with E-state index in [1.807, 2.05) is 53.8 Å². The number of hydrogen-bond donors (Lipinski definition) is 1.